The lowest BCUT2D eigenvalue weighted by atomic mass is 9.44. The largest absolute Gasteiger partial charge is 0.508 e. The molecule has 4 saturated carbocycles. The smallest absolute Gasteiger partial charge is 0.340 e. The molecule has 4 N–H and O–H groups in total. The quantitative estimate of drug-likeness (QED) is 0.141. The second-order valence-corrected chi connectivity index (χ2v) is 22.8. The van der Waals surface area contributed by atoms with Crippen molar-refractivity contribution in [2.45, 2.75) is 148 Å². The molecular formula is C61H73N3O5. The molecule has 9 atom stereocenters. The molecule has 3 aromatic carbocycles. The van der Waals surface area contributed by atoms with E-state index in [0.29, 0.717) is 23.7 Å². The average Bonchev–Trinajstić information content (AvgIpc) is 4.07. The molecule has 69 heavy (non-hydrogen) atoms. The van der Waals surface area contributed by atoms with E-state index in [0.717, 1.165) is 122 Å². The first-order valence-corrected chi connectivity index (χ1v) is 27.2. The molecule has 362 valence electrons. The fourth-order valence-corrected chi connectivity index (χ4v) is 16.4. The lowest BCUT2D eigenvalue weighted by Crippen LogP contribution is -2.52. The Hall–Kier alpha value is -4.76. The zero-order valence-electron chi connectivity index (χ0n) is 41.1. The van der Waals surface area contributed by atoms with Gasteiger partial charge in [-0.25, -0.2) is 9.59 Å². The van der Waals surface area contributed by atoms with Gasteiger partial charge in [0.1, 0.15) is 17.3 Å². The van der Waals surface area contributed by atoms with Crippen LogP contribution >= 0.6 is 0 Å². The van der Waals surface area contributed by atoms with E-state index in [4.69, 9.17) is 9.47 Å². The maximum Gasteiger partial charge on any atom is 0.340 e. The van der Waals surface area contributed by atoms with Gasteiger partial charge in [0, 0.05) is 29.7 Å². The Morgan fingerprint density at radius 3 is 2.51 bits per heavy atom. The van der Waals surface area contributed by atoms with Gasteiger partial charge in [0.05, 0.1) is 17.2 Å². The third kappa shape index (κ3) is 7.72. The van der Waals surface area contributed by atoms with Crippen molar-refractivity contribution in [3.8, 4) is 16.9 Å². The number of esters is 2. The van der Waals surface area contributed by atoms with Crippen LogP contribution in [0.5, 0.6) is 5.75 Å². The predicted octanol–water partition coefficient (Wildman–Crippen LogP) is 12.0. The molecule has 7 aliphatic carbocycles. The minimum atomic E-state index is -0.827. The molecule has 0 amide bonds. The highest BCUT2D eigenvalue weighted by molar-refractivity contribution is 6.07. The molecule has 3 aliphatic heterocycles. The number of nitrogens with one attached hydrogen (secondary N) is 3. The van der Waals surface area contributed by atoms with Crippen molar-refractivity contribution in [2.75, 3.05) is 13.6 Å². The van der Waals surface area contributed by atoms with Crippen LogP contribution in [0.25, 0.3) is 16.7 Å². The van der Waals surface area contributed by atoms with Crippen LogP contribution in [0.3, 0.4) is 0 Å². The number of hydrogen-bond acceptors (Lipinski definition) is 8. The van der Waals surface area contributed by atoms with Crippen molar-refractivity contribution in [3.63, 3.8) is 0 Å². The molecule has 8 nitrogen and oxygen atoms in total. The van der Waals surface area contributed by atoms with Crippen molar-refractivity contribution in [3.05, 3.63) is 129 Å². The highest BCUT2D eigenvalue weighted by atomic mass is 16.6. The number of rotatable bonds is 11. The Kier molecular flexibility index (Phi) is 12.1. The summed E-state index contributed by atoms with van der Waals surface area (Å²) in [4.78, 5) is 30.3. The number of hydrogen-bond donors (Lipinski definition) is 4. The first-order valence-electron chi connectivity index (χ1n) is 27.2. The number of cyclic esters (lactones) is 2. The van der Waals surface area contributed by atoms with Gasteiger partial charge in [0.25, 0.3) is 0 Å². The van der Waals surface area contributed by atoms with Gasteiger partial charge in [-0.15, -0.1) is 0 Å². The summed E-state index contributed by atoms with van der Waals surface area (Å²) in [6, 6.07) is 25.7. The summed E-state index contributed by atoms with van der Waals surface area (Å²) in [6.07, 6.45) is 23.4. The number of phenols is 1. The highest BCUT2D eigenvalue weighted by Crippen LogP contribution is 2.73. The lowest BCUT2D eigenvalue weighted by molar-refractivity contribution is -0.135. The Morgan fingerprint density at radius 1 is 0.812 bits per heavy atom. The van der Waals surface area contributed by atoms with Crippen molar-refractivity contribution in [1.82, 2.24) is 16.0 Å². The fourth-order valence-electron chi connectivity index (χ4n) is 16.4. The summed E-state index contributed by atoms with van der Waals surface area (Å²) in [5.74, 6) is 2.69. The van der Waals surface area contributed by atoms with E-state index >= 15 is 9.59 Å². The number of carbonyl (C=O) groups excluding carboxylic acids is 2. The number of fused-ring (bicyclic) bond motifs is 2. The Balaban J connectivity index is 0.985. The molecule has 0 aromatic heterocycles. The molecule has 2 bridgehead atoms. The van der Waals surface area contributed by atoms with Crippen LogP contribution < -0.4 is 16.0 Å². The van der Waals surface area contributed by atoms with Crippen molar-refractivity contribution in [2.24, 2.45) is 46.3 Å². The summed E-state index contributed by atoms with van der Waals surface area (Å²) in [7, 11) is 2.08. The lowest BCUT2D eigenvalue weighted by Gasteiger charge is -2.56. The maximum atomic E-state index is 15.2. The topological polar surface area (TPSA) is 109 Å². The number of allylic oxidation sites excluding steroid dienone is 5. The van der Waals surface area contributed by atoms with Gasteiger partial charge >= 0.3 is 11.9 Å². The Labute approximate surface area is 409 Å². The van der Waals surface area contributed by atoms with E-state index in [9.17, 15) is 5.11 Å². The summed E-state index contributed by atoms with van der Waals surface area (Å²) in [6.45, 7) is 4.07. The van der Waals surface area contributed by atoms with Crippen LogP contribution in [-0.2, 0) is 32.0 Å². The molecule has 1 spiro atoms. The van der Waals surface area contributed by atoms with Crippen LogP contribution in [0.2, 0.25) is 0 Å². The molecule has 8 heteroatoms. The molecule has 3 aromatic rings. The minimum absolute atomic E-state index is 0.0116. The number of aromatic hydroxyl groups is 1. The van der Waals surface area contributed by atoms with E-state index in [2.05, 4.69) is 90.6 Å². The fraction of sp³-hybridized carbons (Fsp3) is 0.541. The maximum absolute atomic E-state index is 15.2. The second-order valence-electron chi connectivity index (χ2n) is 22.8. The van der Waals surface area contributed by atoms with Gasteiger partial charge in [-0.05, 0) is 208 Å². The third-order valence-electron chi connectivity index (χ3n) is 19.5. The molecule has 10 aliphatic rings. The molecular weight excluding hydrogens is 855 g/mol. The van der Waals surface area contributed by atoms with E-state index in [1.54, 1.807) is 6.07 Å². The molecule has 0 radical (unpaired) electrons. The predicted molar refractivity (Wildman–Crippen MR) is 271 cm³/mol. The number of phenolic OH excluding ortho intramolecular Hbond substituents is 1. The summed E-state index contributed by atoms with van der Waals surface area (Å²) in [5.41, 5.74) is 9.95. The average molecular weight is 928 g/mol. The van der Waals surface area contributed by atoms with Crippen molar-refractivity contribution < 1.29 is 24.2 Å². The van der Waals surface area contributed by atoms with Crippen LogP contribution in [0.4, 0.5) is 0 Å². The van der Waals surface area contributed by atoms with Gasteiger partial charge in [-0.2, -0.15) is 0 Å². The van der Waals surface area contributed by atoms with Crippen LogP contribution in [0.1, 0.15) is 139 Å². The van der Waals surface area contributed by atoms with Gasteiger partial charge < -0.3 is 30.5 Å². The molecule has 0 unspecified atom stereocenters. The number of ether oxygens (including phenoxy) is 2. The summed E-state index contributed by atoms with van der Waals surface area (Å²) < 4.78 is 13.5. The van der Waals surface area contributed by atoms with Crippen LogP contribution in [-0.4, -0.2) is 42.8 Å². The minimum Gasteiger partial charge on any atom is -0.508 e. The molecule has 13 rings (SSSR count). The SMILES string of the molecule is CC[C@H](/C=C1\OC(=O)C2=C(c3cc(O)ccc3-c3cccc(CNC4CCCCC4)c3)[C@@H]3CC[C@@]21[C@H]1C2=C(CC[C@@H]31)C(=C1CC[C@@H]3CCC[C@@]3([C@@H]3CCN[C@H](NC)C3)C1)OC2=O)Cc1ccccc1. The van der Waals surface area contributed by atoms with Crippen LogP contribution in [0.15, 0.2) is 113 Å². The number of benzene rings is 3. The van der Waals surface area contributed by atoms with E-state index in [1.165, 1.54) is 80.9 Å². The second kappa shape index (κ2) is 18.4. The molecule has 6 fully saturated rings. The highest BCUT2D eigenvalue weighted by Gasteiger charge is 2.69. The van der Waals surface area contributed by atoms with Gasteiger partial charge in [0.2, 0.25) is 0 Å². The van der Waals surface area contributed by atoms with E-state index < -0.39 is 5.41 Å². The molecule has 2 saturated heterocycles. The summed E-state index contributed by atoms with van der Waals surface area (Å²) >= 11 is 0. The zero-order valence-corrected chi connectivity index (χ0v) is 41.1. The van der Waals surface area contributed by atoms with Gasteiger partial charge in [-0.3, -0.25) is 0 Å². The monoisotopic (exact) mass is 928 g/mol. The van der Waals surface area contributed by atoms with Crippen molar-refractivity contribution in [1.29, 1.82) is 0 Å². The Morgan fingerprint density at radius 2 is 1.67 bits per heavy atom. The van der Waals surface area contributed by atoms with Crippen LogP contribution in [0, 0.1) is 46.3 Å². The molecule has 3 heterocycles. The Bertz CT molecular complexity index is 2640. The van der Waals surface area contributed by atoms with Gasteiger partial charge in [-0.1, -0.05) is 87.2 Å². The first-order chi connectivity index (χ1) is 33.8. The normalized spacial score (nSPS) is 34.1. The van der Waals surface area contributed by atoms with Crippen molar-refractivity contribution >= 4 is 17.5 Å². The van der Waals surface area contributed by atoms with Gasteiger partial charge in [0.15, 0.2) is 0 Å². The number of piperidine rings is 1. The number of carbonyl (C=O) groups is 2. The van der Waals surface area contributed by atoms with E-state index in [-0.39, 0.29) is 46.8 Å². The third-order valence-corrected chi connectivity index (χ3v) is 19.5. The van der Waals surface area contributed by atoms with E-state index in [1.807, 2.05) is 12.1 Å². The first kappa shape index (κ1) is 45.4. The zero-order chi connectivity index (χ0) is 46.9. The standard InChI is InChI=1S/C61H73N3O5/c1-3-37(30-38-12-6-4-7-13-38)32-51-61-28-25-47(53(56(61)59(67)68-51)50-34-45(65)21-22-46(50)40-15-10-14-39(31-40)36-64-44-17-8-5-9-18-44)48-23-24-49-54(55(48)61)58(66)69-57(49)41-19-20-42-16-11-27-60(42,35-41)43-26-29-63-52(33-43)62-2/h4,6-7,10,12-15,21-22,31-32,34,37,42-44,47-48,52,55,62-65H,3,5,8-9,11,16-20,23-30,33,35-36H2,1-2H3/b51-32-,57-41?/t37-,42-,43+,47+,48-,52-,55+,60+,61+/m0/s1. The summed E-state index contributed by atoms with van der Waals surface area (Å²) in [5, 5.41) is 22.5.